The molecule has 1 N–H and O–H groups in total. The van der Waals surface area contributed by atoms with Crippen molar-refractivity contribution in [2.45, 2.75) is 11.8 Å². The smallest absolute Gasteiger partial charge is 0.243 e. The summed E-state index contributed by atoms with van der Waals surface area (Å²) in [4.78, 5) is 23.3. The average molecular weight is 364 g/mol. The van der Waals surface area contributed by atoms with Gasteiger partial charge in [-0.2, -0.15) is 4.31 Å². The quantitative estimate of drug-likeness (QED) is 0.797. The molecule has 0 aromatic heterocycles. The van der Waals surface area contributed by atoms with E-state index in [1.54, 1.807) is 18.2 Å². The molecule has 0 bridgehead atoms. The second-order valence-electron chi connectivity index (χ2n) is 5.40. The van der Waals surface area contributed by atoms with Crippen LogP contribution in [0.3, 0.4) is 0 Å². The molecule has 1 amide bonds. The number of hydrogen-bond acceptors (Lipinski definition) is 4. The van der Waals surface area contributed by atoms with Crippen LogP contribution in [0.1, 0.15) is 17.3 Å². The van der Waals surface area contributed by atoms with Crippen molar-refractivity contribution in [1.29, 1.82) is 0 Å². The molecule has 2 rings (SSSR count). The summed E-state index contributed by atoms with van der Waals surface area (Å²) in [6.45, 7) is 0.980. The molecular formula is C17H17FN2O4S. The molecular weight excluding hydrogens is 347 g/mol. The van der Waals surface area contributed by atoms with E-state index in [4.69, 9.17) is 0 Å². The molecule has 0 aliphatic rings. The van der Waals surface area contributed by atoms with Crippen molar-refractivity contribution < 1.29 is 22.4 Å². The summed E-state index contributed by atoms with van der Waals surface area (Å²) in [5.74, 6) is -1.26. The Morgan fingerprint density at radius 2 is 1.76 bits per heavy atom. The minimum atomic E-state index is -3.91. The fraction of sp³-hybridized carbons (Fsp3) is 0.176. The molecule has 0 spiro atoms. The molecule has 0 heterocycles. The van der Waals surface area contributed by atoms with Gasteiger partial charge >= 0.3 is 0 Å². The van der Waals surface area contributed by atoms with Gasteiger partial charge in [0.25, 0.3) is 0 Å². The second-order valence-corrected chi connectivity index (χ2v) is 7.45. The highest BCUT2D eigenvalue weighted by molar-refractivity contribution is 7.89. The maximum atomic E-state index is 12.9. The Bertz CT molecular complexity index is 895. The number of hydrogen-bond donors (Lipinski definition) is 1. The number of Topliss-reactive ketones (excluding diaryl/α,β-unsaturated/α-hetero) is 1. The number of ketones is 1. The summed E-state index contributed by atoms with van der Waals surface area (Å²) < 4.78 is 38.5. The third kappa shape index (κ3) is 4.71. The van der Waals surface area contributed by atoms with Gasteiger partial charge in [0, 0.05) is 18.3 Å². The monoisotopic (exact) mass is 364 g/mol. The van der Waals surface area contributed by atoms with E-state index in [-0.39, 0.29) is 10.7 Å². The van der Waals surface area contributed by atoms with Crippen molar-refractivity contribution in [3.63, 3.8) is 0 Å². The Morgan fingerprint density at radius 1 is 1.12 bits per heavy atom. The molecule has 0 fully saturated rings. The Labute approximate surface area is 145 Å². The SMILES string of the molecule is CC(=O)c1cccc(NC(=O)CN(C)S(=O)(=O)c2ccc(F)cc2)c1. The largest absolute Gasteiger partial charge is 0.325 e. The first-order valence-corrected chi connectivity index (χ1v) is 8.77. The molecule has 0 unspecified atom stereocenters. The number of rotatable bonds is 6. The number of amides is 1. The lowest BCUT2D eigenvalue weighted by molar-refractivity contribution is -0.116. The van der Waals surface area contributed by atoms with E-state index in [0.29, 0.717) is 11.3 Å². The van der Waals surface area contributed by atoms with Crippen LogP contribution >= 0.6 is 0 Å². The highest BCUT2D eigenvalue weighted by Crippen LogP contribution is 2.15. The Kier molecular flexibility index (Phi) is 5.66. The molecule has 2 aromatic carbocycles. The lowest BCUT2D eigenvalue weighted by Gasteiger charge is -2.17. The van der Waals surface area contributed by atoms with Gasteiger partial charge < -0.3 is 5.32 Å². The van der Waals surface area contributed by atoms with Gasteiger partial charge in [0.1, 0.15) is 5.82 Å². The van der Waals surface area contributed by atoms with Gasteiger partial charge in [0.05, 0.1) is 11.4 Å². The minimum absolute atomic E-state index is 0.109. The van der Waals surface area contributed by atoms with Crippen molar-refractivity contribution in [2.75, 3.05) is 18.9 Å². The number of benzene rings is 2. The number of carbonyl (C=O) groups is 2. The highest BCUT2D eigenvalue weighted by atomic mass is 32.2. The molecule has 0 saturated heterocycles. The predicted octanol–water partition coefficient (Wildman–Crippen LogP) is 2.29. The van der Waals surface area contributed by atoms with Crippen LogP contribution in [0.15, 0.2) is 53.4 Å². The predicted molar refractivity (Wildman–Crippen MR) is 91.3 cm³/mol. The number of halogens is 1. The van der Waals surface area contributed by atoms with Crippen molar-refractivity contribution in [3.05, 3.63) is 59.9 Å². The first-order valence-electron chi connectivity index (χ1n) is 7.33. The van der Waals surface area contributed by atoms with Gasteiger partial charge in [0.2, 0.25) is 15.9 Å². The fourth-order valence-electron chi connectivity index (χ4n) is 2.09. The van der Waals surface area contributed by atoms with Gasteiger partial charge in [-0.25, -0.2) is 12.8 Å². The number of nitrogens with zero attached hydrogens (tertiary/aromatic N) is 1. The zero-order valence-corrected chi connectivity index (χ0v) is 14.5. The third-order valence-electron chi connectivity index (χ3n) is 3.44. The van der Waals surface area contributed by atoms with Crippen molar-refractivity contribution in [3.8, 4) is 0 Å². The summed E-state index contributed by atoms with van der Waals surface area (Å²) in [5, 5.41) is 2.54. The first-order chi connectivity index (χ1) is 11.7. The van der Waals surface area contributed by atoms with Crippen LogP contribution < -0.4 is 5.32 Å². The molecule has 0 radical (unpaired) electrons. The number of nitrogens with one attached hydrogen (secondary N) is 1. The lowest BCUT2D eigenvalue weighted by Crippen LogP contribution is -2.35. The Balaban J connectivity index is 2.08. The van der Waals surface area contributed by atoms with E-state index in [0.717, 1.165) is 28.6 Å². The normalized spacial score (nSPS) is 11.4. The van der Waals surface area contributed by atoms with Crippen molar-refractivity contribution >= 4 is 27.4 Å². The van der Waals surface area contributed by atoms with Gasteiger partial charge in [-0.15, -0.1) is 0 Å². The van der Waals surface area contributed by atoms with Crippen LogP contribution in [-0.4, -0.2) is 38.0 Å². The van der Waals surface area contributed by atoms with Crippen LogP contribution in [0, 0.1) is 5.82 Å². The van der Waals surface area contributed by atoms with E-state index in [1.165, 1.54) is 20.0 Å². The first kappa shape index (κ1) is 18.8. The number of likely N-dealkylation sites (N-methyl/N-ethyl adjacent to an activating group) is 1. The fourth-order valence-corrected chi connectivity index (χ4v) is 3.22. The van der Waals surface area contributed by atoms with E-state index in [2.05, 4.69) is 5.32 Å². The maximum absolute atomic E-state index is 12.9. The van der Waals surface area contributed by atoms with Crippen LogP contribution in [0.2, 0.25) is 0 Å². The van der Waals surface area contributed by atoms with Gasteiger partial charge in [-0.3, -0.25) is 9.59 Å². The van der Waals surface area contributed by atoms with Crippen LogP contribution in [0.25, 0.3) is 0 Å². The molecule has 0 saturated carbocycles. The summed E-state index contributed by atoms with van der Waals surface area (Å²) in [6.07, 6.45) is 0. The van der Waals surface area contributed by atoms with Gasteiger partial charge in [-0.05, 0) is 43.3 Å². The number of carbonyl (C=O) groups excluding carboxylic acids is 2. The summed E-state index contributed by atoms with van der Waals surface area (Å²) in [6, 6.07) is 10.7. The Morgan fingerprint density at radius 3 is 2.36 bits per heavy atom. The molecule has 0 aliphatic heterocycles. The average Bonchev–Trinajstić information content (AvgIpc) is 2.55. The van der Waals surface area contributed by atoms with Crippen LogP contribution in [-0.2, 0) is 14.8 Å². The Hall–Kier alpha value is -2.58. The molecule has 6 nitrogen and oxygen atoms in total. The van der Waals surface area contributed by atoms with Crippen LogP contribution in [0.5, 0.6) is 0 Å². The van der Waals surface area contributed by atoms with E-state index >= 15 is 0 Å². The summed E-state index contributed by atoms with van der Waals surface area (Å²) in [7, 11) is -2.66. The van der Waals surface area contributed by atoms with Crippen molar-refractivity contribution in [1.82, 2.24) is 4.31 Å². The van der Waals surface area contributed by atoms with E-state index < -0.39 is 28.3 Å². The van der Waals surface area contributed by atoms with E-state index in [1.807, 2.05) is 0 Å². The molecule has 0 atom stereocenters. The molecule has 25 heavy (non-hydrogen) atoms. The number of anilines is 1. The maximum Gasteiger partial charge on any atom is 0.243 e. The molecule has 0 aliphatic carbocycles. The summed E-state index contributed by atoms with van der Waals surface area (Å²) in [5.41, 5.74) is 0.829. The zero-order valence-electron chi connectivity index (χ0n) is 13.7. The van der Waals surface area contributed by atoms with Crippen molar-refractivity contribution in [2.24, 2.45) is 0 Å². The van der Waals surface area contributed by atoms with E-state index in [9.17, 15) is 22.4 Å². The lowest BCUT2D eigenvalue weighted by atomic mass is 10.1. The van der Waals surface area contributed by atoms with Gasteiger partial charge in [-0.1, -0.05) is 12.1 Å². The van der Waals surface area contributed by atoms with Gasteiger partial charge in [0.15, 0.2) is 5.78 Å². The van der Waals surface area contributed by atoms with Crippen LogP contribution in [0.4, 0.5) is 10.1 Å². The molecule has 2 aromatic rings. The standard InChI is InChI=1S/C17H17FN2O4S/c1-12(21)13-4-3-5-15(10-13)19-17(22)11-20(2)25(23,24)16-8-6-14(18)7-9-16/h3-10H,11H2,1-2H3,(H,19,22). The molecule has 8 heteroatoms. The highest BCUT2D eigenvalue weighted by Gasteiger charge is 2.23. The second kappa shape index (κ2) is 7.54. The summed E-state index contributed by atoms with van der Waals surface area (Å²) >= 11 is 0. The number of sulfonamides is 1. The third-order valence-corrected chi connectivity index (χ3v) is 5.26. The minimum Gasteiger partial charge on any atom is -0.325 e. The zero-order chi connectivity index (χ0) is 18.6. The topological polar surface area (TPSA) is 83.6 Å². The molecule has 132 valence electrons.